The predicted octanol–water partition coefficient (Wildman–Crippen LogP) is 1.04. The van der Waals surface area contributed by atoms with Gasteiger partial charge in [-0.2, -0.15) is 0 Å². The summed E-state index contributed by atoms with van der Waals surface area (Å²) in [6, 6.07) is 0. The molecule has 2 aliphatic carbocycles. The van der Waals surface area contributed by atoms with Crippen molar-refractivity contribution in [3.05, 3.63) is 23.8 Å². The Morgan fingerprint density at radius 3 is 2.67 bits per heavy atom. The van der Waals surface area contributed by atoms with Crippen LogP contribution in [0.5, 0.6) is 0 Å². The molecule has 1 spiro atoms. The lowest BCUT2D eigenvalue weighted by Gasteiger charge is -2.39. The molecule has 0 aromatic carbocycles. The molecule has 0 aromatic heterocycles. The first-order valence-electron chi connectivity index (χ1n) is 9.37. The fourth-order valence-corrected chi connectivity index (χ4v) is 5.78. The molecule has 9 atom stereocenters. The van der Waals surface area contributed by atoms with Crippen molar-refractivity contribution in [1.82, 2.24) is 0 Å². The third kappa shape index (κ3) is 1.92. The number of epoxide rings is 2. The monoisotopic (exact) mass is 376 g/mol. The Morgan fingerprint density at radius 2 is 2.00 bits per heavy atom. The van der Waals surface area contributed by atoms with Gasteiger partial charge in [-0.1, -0.05) is 12.2 Å². The highest BCUT2D eigenvalue weighted by Gasteiger charge is 2.93. The molecule has 9 unspecified atom stereocenters. The molecule has 5 aliphatic rings. The van der Waals surface area contributed by atoms with Crippen molar-refractivity contribution < 1.29 is 33.6 Å². The van der Waals surface area contributed by atoms with Gasteiger partial charge in [-0.25, -0.2) is 9.59 Å². The smallest absolute Gasteiger partial charge is 0.334 e. The molecule has 146 valence electrons. The molecule has 1 N–H and O–H groups in total. The minimum atomic E-state index is -1.44. The molecule has 0 amide bonds. The number of esters is 2. The van der Waals surface area contributed by atoms with E-state index in [0.717, 1.165) is 5.57 Å². The van der Waals surface area contributed by atoms with Crippen LogP contribution in [-0.4, -0.2) is 58.3 Å². The number of hydrogen-bond donors (Lipinski definition) is 1. The molecule has 5 fully saturated rings. The Morgan fingerprint density at radius 1 is 1.30 bits per heavy atom. The molecule has 5 rings (SSSR count). The summed E-state index contributed by atoms with van der Waals surface area (Å²) in [6.07, 6.45) is -0.158. The van der Waals surface area contributed by atoms with Crippen LogP contribution in [0.25, 0.3) is 0 Å². The lowest BCUT2D eigenvalue weighted by Crippen LogP contribution is -2.58. The van der Waals surface area contributed by atoms with Gasteiger partial charge in [-0.3, -0.25) is 0 Å². The lowest BCUT2D eigenvalue weighted by molar-refractivity contribution is -0.174. The van der Waals surface area contributed by atoms with Crippen molar-refractivity contribution in [1.29, 1.82) is 0 Å². The van der Waals surface area contributed by atoms with Crippen molar-refractivity contribution in [2.24, 2.45) is 11.8 Å². The van der Waals surface area contributed by atoms with Gasteiger partial charge in [0.1, 0.15) is 41.2 Å². The summed E-state index contributed by atoms with van der Waals surface area (Å²) in [6.45, 7) is 11.1. The van der Waals surface area contributed by atoms with Gasteiger partial charge in [0, 0.05) is 17.6 Å². The number of ether oxygens (including phenoxy) is 4. The highest BCUT2D eigenvalue weighted by atomic mass is 16.7. The molecule has 7 nitrogen and oxygen atoms in total. The van der Waals surface area contributed by atoms with Gasteiger partial charge in [0.15, 0.2) is 0 Å². The van der Waals surface area contributed by atoms with Crippen molar-refractivity contribution in [2.75, 3.05) is 0 Å². The van der Waals surface area contributed by atoms with E-state index >= 15 is 0 Å². The number of aliphatic hydroxyl groups is 1. The largest absolute Gasteiger partial charge is 0.458 e. The van der Waals surface area contributed by atoms with Gasteiger partial charge in [-0.05, 0) is 34.1 Å². The molecule has 0 aromatic rings. The van der Waals surface area contributed by atoms with Crippen LogP contribution in [0, 0.1) is 11.8 Å². The minimum Gasteiger partial charge on any atom is -0.458 e. The van der Waals surface area contributed by atoms with Crippen LogP contribution in [0.15, 0.2) is 23.8 Å². The summed E-state index contributed by atoms with van der Waals surface area (Å²) < 4.78 is 23.3. The first kappa shape index (κ1) is 17.4. The zero-order valence-corrected chi connectivity index (χ0v) is 15.9. The van der Waals surface area contributed by atoms with Crippen molar-refractivity contribution in [3.8, 4) is 0 Å². The zero-order valence-electron chi connectivity index (χ0n) is 15.9. The fourth-order valence-electron chi connectivity index (χ4n) is 5.78. The van der Waals surface area contributed by atoms with Gasteiger partial charge < -0.3 is 24.1 Å². The topological polar surface area (TPSA) is 97.9 Å². The Kier molecular flexibility index (Phi) is 3.11. The van der Waals surface area contributed by atoms with Gasteiger partial charge >= 0.3 is 11.9 Å². The van der Waals surface area contributed by atoms with E-state index in [0.29, 0.717) is 5.57 Å². The third-order valence-electron chi connectivity index (χ3n) is 7.16. The summed E-state index contributed by atoms with van der Waals surface area (Å²) in [5, 5.41) is 11.6. The standard InChI is InChI=1S/C20H24O7/c1-8(2)6-12(21)24-11-7-10-9(3)17(22)25-13(10)14-18(4)15(26-18)16-20(14,27-16)19(11,5)23/h6,10-11,13-16,23H,3,7H2,1-2,4-5H3. The lowest BCUT2D eigenvalue weighted by atomic mass is 9.73. The number of fused-ring (bicyclic) bond motifs is 5. The van der Waals surface area contributed by atoms with E-state index < -0.39 is 40.9 Å². The summed E-state index contributed by atoms with van der Waals surface area (Å²) in [4.78, 5) is 24.5. The van der Waals surface area contributed by atoms with Crippen molar-refractivity contribution in [2.45, 2.75) is 75.3 Å². The molecule has 2 saturated carbocycles. The number of carbonyl (C=O) groups excluding carboxylic acids is 2. The molecular weight excluding hydrogens is 352 g/mol. The van der Waals surface area contributed by atoms with E-state index in [1.165, 1.54) is 6.08 Å². The first-order valence-corrected chi connectivity index (χ1v) is 9.37. The highest BCUT2D eigenvalue weighted by Crippen LogP contribution is 2.75. The summed E-state index contributed by atoms with van der Waals surface area (Å²) in [7, 11) is 0. The Balaban J connectivity index is 1.58. The maximum Gasteiger partial charge on any atom is 0.334 e. The molecule has 0 radical (unpaired) electrons. The van der Waals surface area contributed by atoms with E-state index in [4.69, 9.17) is 18.9 Å². The Bertz CT molecular complexity index is 809. The van der Waals surface area contributed by atoms with E-state index in [1.54, 1.807) is 20.8 Å². The quantitative estimate of drug-likeness (QED) is 0.437. The average Bonchev–Trinajstić information content (AvgIpc) is 3.41. The fraction of sp³-hybridized carbons (Fsp3) is 0.700. The highest BCUT2D eigenvalue weighted by molar-refractivity contribution is 5.91. The molecule has 27 heavy (non-hydrogen) atoms. The third-order valence-corrected chi connectivity index (χ3v) is 7.16. The second-order valence-electron chi connectivity index (χ2n) is 9.06. The second kappa shape index (κ2) is 4.82. The van der Waals surface area contributed by atoms with E-state index in [-0.39, 0.29) is 30.5 Å². The van der Waals surface area contributed by atoms with Gasteiger partial charge in [0.05, 0.1) is 5.92 Å². The molecule has 3 heterocycles. The average molecular weight is 376 g/mol. The van der Waals surface area contributed by atoms with Crippen LogP contribution >= 0.6 is 0 Å². The minimum absolute atomic E-state index is 0.144. The Labute approximate surface area is 157 Å². The summed E-state index contributed by atoms with van der Waals surface area (Å²) >= 11 is 0. The van der Waals surface area contributed by atoms with Crippen molar-refractivity contribution >= 4 is 11.9 Å². The van der Waals surface area contributed by atoms with Crippen LogP contribution in [0.4, 0.5) is 0 Å². The van der Waals surface area contributed by atoms with Crippen LogP contribution in [0.1, 0.15) is 34.1 Å². The number of hydrogen-bond acceptors (Lipinski definition) is 7. The van der Waals surface area contributed by atoms with Crippen molar-refractivity contribution in [3.63, 3.8) is 0 Å². The summed E-state index contributed by atoms with van der Waals surface area (Å²) in [5.74, 6) is -1.66. The predicted molar refractivity (Wildman–Crippen MR) is 91.4 cm³/mol. The molecule has 3 aliphatic heterocycles. The zero-order chi connectivity index (χ0) is 19.5. The Hall–Kier alpha value is -1.70. The number of allylic oxidation sites excluding steroid dienone is 1. The number of carbonyl (C=O) groups is 2. The van der Waals surface area contributed by atoms with E-state index in [1.807, 2.05) is 6.92 Å². The van der Waals surface area contributed by atoms with Crippen LogP contribution < -0.4 is 0 Å². The molecular formula is C20H24O7. The first-order chi connectivity index (χ1) is 12.5. The maximum atomic E-state index is 12.3. The molecule has 3 saturated heterocycles. The van der Waals surface area contributed by atoms with E-state index in [2.05, 4.69) is 6.58 Å². The molecule has 7 heteroatoms. The number of rotatable bonds is 2. The SMILES string of the molecule is C=C1C(=O)OC2C1CC(OC(=O)C=C(C)C)C(C)(O)C13OC1C1OC1(C)C23. The molecule has 0 bridgehead atoms. The maximum absolute atomic E-state index is 12.3. The van der Waals surface area contributed by atoms with Gasteiger partial charge in [0.25, 0.3) is 0 Å². The van der Waals surface area contributed by atoms with Gasteiger partial charge in [0.2, 0.25) is 0 Å². The van der Waals surface area contributed by atoms with Crippen LogP contribution in [-0.2, 0) is 28.5 Å². The summed E-state index contributed by atoms with van der Waals surface area (Å²) in [5.41, 5.74) is -1.76. The van der Waals surface area contributed by atoms with Crippen LogP contribution in [0.3, 0.4) is 0 Å². The van der Waals surface area contributed by atoms with E-state index in [9.17, 15) is 14.7 Å². The van der Waals surface area contributed by atoms with Crippen LogP contribution in [0.2, 0.25) is 0 Å². The normalized spacial score (nSPS) is 54.0. The second-order valence-corrected chi connectivity index (χ2v) is 9.06. The van der Waals surface area contributed by atoms with Gasteiger partial charge in [-0.15, -0.1) is 0 Å².